The summed E-state index contributed by atoms with van der Waals surface area (Å²) >= 11 is 1.55. The van der Waals surface area contributed by atoms with Gasteiger partial charge >= 0.3 is 12.0 Å². The van der Waals surface area contributed by atoms with E-state index in [2.05, 4.69) is 15.6 Å². The molecule has 1 aromatic rings. The normalized spacial score (nSPS) is 13.5. The van der Waals surface area contributed by atoms with Crippen LogP contribution in [0.2, 0.25) is 0 Å². The third-order valence-electron chi connectivity index (χ3n) is 3.18. The van der Waals surface area contributed by atoms with E-state index in [9.17, 15) is 9.59 Å². The Balaban J connectivity index is 2.49. The predicted molar refractivity (Wildman–Crippen MR) is 82.6 cm³/mol. The van der Waals surface area contributed by atoms with E-state index in [1.54, 1.807) is 11.3 Å². The van der Waals surface area contributed by atoms with E-state index in [0.717, 1.165) is 22.0 Å². The Morgan fingerprint density at radius 3 is 2.52 bits per heavy atom. The first kappa shape index (κ1) is 17.4. The molecular formula is C14H23N3O3S. The van der Waals surface area contributed by atoms with Crippen molar-refractivity contribution in [2.45, 2.75) is 46.6 Å². The van der Waals surface area contributed by atoms with Gasteiger partial charge in [0.2, 0.25) is 0 Å². The van der Waals surface area contributed by atoms with Crippen LogP contribution in [0, 0.1) is 19.8 Å². The second-order valence-corrected chi connectivity index (χ2v) is 6.32. The number of nitrogens with one attached hydrogen (secondary N) is 2. The summed E-state index contributed by atoms with van der Waals surface area (Å²) in [7, 11) is 0. The van der Waals surface area contributed by atoms with Gasteiger partial charge in [0.05, 0.1) is 22.7 Å². The zero-order valence-corrected chi connectivity index (χ0v) is 13.7. The largest absolute Gasteiger partial charge is 0.481 e. The van der Waals surface area contributed by atoms with Crippen LogP contribution in [0.25, 0.3) is 0 Å². The number of aryl methyl sites for hydroxylation is 2. The lowest BCUT2D eigenvalue weighted by atomic mass is 10.0. The molecule has 0 saturated carbocycles. The van der Waals surface area contributed by atoms with Crippen molar-refractivity contribution in [1.82, 2.24) is 15.6 Å². The third-order valence-corrected chi connectivity index (χ3v) is 4.43. The second-order valence-electron chi connectivity index (χ2n) is 5.08. The maximum atomic E-state index is 11.8. The SMILES string of the molecule is CCCC(CNC(=O)NC(C)c1sc(C)nc1C)C(=O)O. The summed E-state index contributed by atoms with van der Waals surface area (Å²) in [6.45, 7) is 7.79. The van der Waals surface area contributed by atoms with Gasteiger partial charge in [0.15, 0.2) is 0 Å². The first-order valence-corrected chi connectivity index (χ1v) is 7.87. The molecule has 1 rings (SSSR count). The number of carbonyl (C=O) groups is 2. The highest BCUT2D eigenvalue weighted by Crippen LogP contribution is 2.24. The molecule has 0 aromatic carbocycles. The van der Waals surface area contributed by atoms with Crippen LogP contribution in [0.1, 0.15) is 48.3 Å². The number of rotatable bonds is 7. The zero-order chi connectivity index (χ0) is 16.0. The number of hydrogen-bond donors (Lipinski definition) is 3. The molecule has 6 nitrogen and oxygen atoms in total. The van der Waals surface area contributed by atoms with Crippen LogP contribution in [-0.4, -0.2) is 28.6 Å². The standard InChI is InChI=1S/C14H23N3O3S/c1-5-6-11(13(18)19)7-15-14(20)17-9(3)12-8(2)16-10(4)21-12/h9,11H,5-7H2,1-4H3,(H,18,19)(H2,15,17,20). The smallest absolute Gasteiger partial charge is 0.315 e. The van der Waals surface area contributed by atoms with Gasteiger partial charge in [0, 0.05) is 11.4 Å². The van der Waals surface area contributed by atoms with Crippen LogP contribution in [0.5, 0.6) is 0 Å². The van der Waals surface area contributed by atoms with Crippen molar-refractivity contribution in [1.29, 1.82) is 0 Å². The summed E-state index contributed by atoms with van der Waals surface area (Å²) in [6, 6.07) is -0.499. The molecule has 0 radical (unpaired) electrons. The molecule has 0 bridgehead atoms. The van der Waals surface area contributed by atoms with E-state index in [0.29, 0.717) is 6.42 Å². The molecular weight excluding hydrogens is 290 g/mol. The first-order valence-electron chi connectivity index (χ1n) is 7.06. The number of thiazole rings is 1. The number of nitrogens with zero attached hydrogens (tertiary/aromatic N) is 1. The van der Waals surface area contributed by atoms with Crippen LogP contribution in [0.4, 0.5) is 4.79 Å². The molecule has 1 aromatic heterocycles. The molecule has 3 N–H and O–H groups in total. The lowest BCUT2D eigenvalue weighted by Gasteiger charge is -2.16. The zero-order valence-electron chi connectivity index (χ0n) is 12.9. The Morgan fingerprint density at radius 1 is 1.38 bits per heavy atom. The van der Waals surface area contributed by atoms with Gasteiger partial charge in [-0.2, -0.15) is 0 Å². The summed E-state index contributed by atoms with van der Waals surface area (Å²) in [5, 5.41) is 15.4. The molecule has 0 saturated heterocycles. The van der Waals surface area contributed by atoms with Gasteiger partial charge in [-0.3, -0.25) is 4.79 Å². The lowest BCUT2D eigenvalue weighted by molar-refractivity contribution is -0.141. The summed E-state index contributed by atoms with van der Waals surface area (Å²) in [5.74, 6) is -1.41. The lowest BCUT2D eigenvalue weighted by Crippen LogP contribution is -2.40. The molecule has 0 fully saturated rings. The Hall–Kier alpha value is -1.63. The molecule has 1 heterocycles. The first-order chi connectivity index (χ1) is 9.85. The molecule has 2 amide bonds. The molecule has 21 heavy (non-hydrogen) atoms. The molecule has 118 valence electrons. The number of carboxylic acids is 1. The summed E-state index contributed by atoms with van der Waals surface area (Å²) in [6.07, 6.45) is 1.33. The van der Waals surface area contributed by atoms with Crippen molar-refractivity contribution in [3.63, 3.8) is 0 Å². The number of carbonyl (C=O) groups excluding carboxylic acids is 1. The Labute approximate surface area is 129 Å². The van der Waals surface area contributed by atoms with E-state index >= 15 is 0 Å². The van der Waals surface area contributed by atoms with Crippen LogP contribution in [0.15, 0.2) is 0 Å². The highest BCUT2D eigenvalue weighted by atomic mass is 32.1. The van der Waals surface area contributed by atoms with Crippen molar-refractivity contribution in [2.24, 2.45) is 5.92 Å². The average molecular weight is 313 g/mol. The number of hydrogen-bond acceptors (Lipinski definition) is 4. The number of aromatic nitrogens is 1. The van der Waals surface area contributed by atoms with Gasteiger partial charge in [-0.25, -0.2) is 9.78 Å². The number of urea groups is 1. The Kier molecular flexibility index (Phi) is 6.61. The molecule has 2 atom stereocenters. The van der Waals surface area contributed by atoms with Gasteiger partial charge in [-0.1, -0.05) is 13.3 Å². The minimum atomic E-state index is -0.876. The monoisotopic (exact) mass is 313 g/mol. The van der Waals surface area contributed by atoms with E-state index in [4.69, 9.17) is 5.11 Å². The fourth-order valence-electron chi connectivity index (χ4n) is 2.14. The number of amides is 2. The molecule has 0 aliphatic carbocycles. The van der Waals surface area contributed by atoms with E-state index < -0.39 is 11.9 Å². The van der Waals surface area contributed by atoms with Crippen LogP contribution in [0.3, 0.4) is 0 Å². The molecule has 0 spiro atoms. The van der Waals surface area contributed by atoms with Gasteiger partial charge in [-0.15, -0.1) is 11.3 Å². The van der Waals surface area contributed by atoms with Crippen LogP contribution < -0.4 is 10.6 Å². The van der Waals surface area contributed by atoms with E-state index in [-0.39, 0.29) is 18.6 Å². The quantitative estimate of drug-likeness (QED) is 0.721. The van der Waals surface area contributed by atoms with Crippen molar-refractivity contribution < 1.29 is 14.7 Å². The van der Waals surface area contributed by atoms with Gasteiger partial charge in [-0.05, 0) is 27.2 Å². The van der Waals surface area contributed by atoms with Crippen molar-refractivity contribution >= 4 is 23.3 Å². The molecule has 0 aliphatic rings. The summed E-state index contributed by atoms with van der Waals surface area (Å²) < 4.78 is 0. The maximum Gasteiger partial charge on any atom is 0.315 e. The minimum Gasteiger partial charge on any atom is -0.481 e. The third kappa shape index (κ3) is 5.34. The second kappa shape index (κ2) is 7.97. The molecule has 7 heteroatoms. The van der Waals surface area contributed by atoms with Crippen molar-refractivity contribution in [2.75, 3.05) is 6.54 Å². The number of carboxylic acid groups (broad SMARTS) is 1. The molecule has 2 unspecified atom stereocenters. The summed E-state index contributed by atoms with van der Waals surface area (Å²) in [4.78, 5) is 28.2. The predicted octanol–water partition coefficient (Wildman–Crippen LogP) is 2.62. The topological polar surface area (TPSA) is 91.3 Å². The Bertz CT molecular complexity index is 502. The van der Waals surface area contributed by atoms with Gasteiger partial charge in [0.1, 0.15) is 0 Å². The maximum absolute atomic E-state index is 11.8. The van der Waals surface area contributed by atoms with Crippen molar-refractivity contribution in [3.05, 3.63) is 15.6 Å². The fraction of sp³-hybridized carbons (Fsp3) is 0.643. The average Bonchev–Trinajstić information content (AvgIpc) is 2.73. The molecule has 0 aliphatic heterocycles. The van der Waals surface area contributed by atoms with Gasteiger partial charge < -0.3 is 15.7 Å². The highest BCUT2D eigenvalue weighted by molar-refractivity contribution is 7.11. The Morgan fingerprint density at radius 2 is 2.05 bits per heavy atom. The summed E-state index contributed by atoms with van der Waals surface area (Å²) in [5.41, 5.74) is 0.916. The minimum absolute atomic E-state index is 0.141. The fourth-order valence-corrected chi connectivity index (χ4v) is 3.07. The highest BCUT2D eigenvalue weighted by Gasteiger charge is 2.19. The van der Waals surface area contributed by atoms with Crippen LogP contribution in [-0.2, 0) is 4.79 Å². The van der Waals surface area contributed by atoms with E-state index in [1.807, 2.05) is 27.7 Å². The number of aliphatic carboxylic acids is 1. The van der Waals surface area contributed by atoms with E-state index in [1.165, 1.54) is 0 Å². The van der Waals surface area contributed by atoms with Gasteiger partial charge in [0.25, 0.3) is 0 Å². The van der Waals surface area contributed by atoms with Crippen molar-refractivity contribution in [3.8, 4) is 0 Å². The van der Waals surface area contributed by atoms with Crippen LogP contribution >= 0.6 is 11.3 Å².